The lowest BCUT2D eigenvalue weighted by Gasteiger charge is -2.12. The first kappa shape index (κ1) is 11.3. The fourth-order valence-electron chi connectivity index (χ4n) is 1.62. The number of aryl methyl sites for hydroxylation is 1. The van der Waals surface area contributed by atoms with Crippen molar-refractivity contribution in [3.63, 3.8) is 0 Å². The van der Waals surface area contributed by atoms with Gasteiger partial charge in [0.05, 0.1) is 5.69 Å². The molecule has 0 aliphatic rings. The average Bonchev–Trinajstić information content (AvgIpc) is 2.29. The number of hydrogen-bond acceptors (Lipinski definition) is 2. The van der Waals surface area contributed by atoms with Crippen molar-refractivity contribution in [2.24, 2.45) is 0 Å². The summed E-state index contributed by atoms with van der Waals surface area (Å²) in [5.41, 5.74) is 2.55. The number of benzene rings is 1. The molecule has 1 heterocycles. The number of aromatic nitrogens is 1. The van der Waals surface area contributed by atoms with Crippen molar-refractivity contribution in [3.05, 3.63) is 63.9 Å². The third-order valence-corrected chi connectivity index (χ3v) is 2.97. The van der Waals surface area contributed by atoms with E-state index < -0.39 is 6.10 Å². The smallest absolute Gasteiger partial charge is 0.121 e. The molecule has 2 nitrogen and oxygen atoms in total. The molecule has 1 atom stereocenters. The minimum atomic E-state index is -0.668. The van der Waals surface area contributed by atoms with E-state index in [-0.39, 0.29) is 0 Å². The zero-order valence-corrected chi connectivity index (χ0v) is 10.5. The highest BCUT2D eigenvalue weighted by Gasteiger charge is 2.13. The van der Waals surface area contributed by atoms with Gasteiger partial charge < -0.3 is 5.11 Å². The van der Waals surface area contributed by atoms with Gasteiger partial charge in [-0.2, -0.15) is 0 Å². The van der Waals surface area contributed by atoms with E-state index in [1.54, 1.807) is 6.20 Å². The summed E-state index contributed by atoms with van der Waals surface area (Å²) < 4.78 is 0.956. The van der Waals surface area contributed by atoms with Crippen LogP contribution in [-0.2, 0) is 0 Å². The highest BCUT2D eigenvalue weighted by Crippen LogP contribution is 2.24. The van der Waals surface area contributed by atoms with Crippen LogP contribution in [0.4, 0.5) is 0 Å². The van der Waals surface area contributed by atoms with Crippen molar-refractivity contribution in [2.45, 2.75) is 13.0 Å². The van der Waals surface area contributed by atoms with Crippen LogP contribution in [0, 0.1) is 6.92 Å². The predicted molar refractivity (Wildman–Crippen MR) is 67.2 cm³/mol. The van der Waals surface area contributed by atoms with Gasteiger partial charge in [-0.05, 0) is 36.2 Å². The van der Waals surface area contributed by atoms with Crippen LogP contribution in [0.5, 0.6) is 0 Å². The molecule has 1 N–H and O–H groups in total. The number of pyridine rings is 1. The first-order valence-electron chi connectivity index (χ1n) is 5.03. The molecule has 0 bridgehead atoms. The van der Waals surface area contributed by atoms with Gasteiger partial charge in [0, 0.05) is 10.7 Å². The second kappa shape index (κ2) is 4.76. The minimum absolute atomic E-state index is 0.668. The van der Waals surface area contributed by atoms with Crippen LogP contribution in [0.1, 0.15) is 22.9 Å². The molecule has 2 aromatic rings. The van der Waals surface area contributed by atoms with Gasteiger partial charge in [0.1, 0.15) is 6.10 Å². The first-order valence-corrected chi connectivity index (χ1v) is 5.83. The van der Waals surface area contributed by atoms with E-state index in [4.69, 9.17) is 0 Å². The van der Waals surface area contributed by atoms with E-state index >= 15 is 0 Å². The maximum Gasteiger partial charge on any atom is 0.121 e. The molecule has 1 aromatic carbocycles. The highest BCUT2D eigenvalue weighted by atomic mass is 79.9. The van der Waals surface area contributed by atoms with Crippen molar-refractivity contribution in [3.8, 4) is 0 Å². The van der Waals surface area contributed by atoms with E-state index in [0.29, 0.717) is 5.69 Å². The number of halogens is 1. The summed E-state index contributed by atoms with van der Waals surface area (Å²) in [5, 5.41) is 10.2. The van der Waals surface area contributed by atoms with Gasteiger partial charge in [0.15, 0.2) is 0 Å². The van der Waals surface area contributed by atoms with Crippen molar-refractivity contribution < 1.29 is 5.11 Å². The zero-order valence-electron chi connectivity index (χ0n) is 8.89. The number of aliphatic hydroxyl groups excluding tert-OH is 1. The lowest BCUT2D eigenvalue weighted by Crippen LogP contribution is -2.04. The Labute approximate surface area is 103 Å². The Balaban J connectivity index is 2.39. The molecule has 2 rings (SSSR count). The normalized spacial score (nSPS) is 12.4. The second-order valence-corrected chi connectivity index (χ2v) is 4.58. The fourth-order valence-corrected chi connectivity index (χ4v) is 2.04. The van der Waals surface area contributed by atoms with E-state index in [9.17, 15) is 5.11 Å². The molecule has 0 saturated carbocycles. The van der Waals surface area contributed by atoms with Crippen LogP contribution in [-0.4, -0.2) is 10.1 Å². The number of nitrogens with zero attached hydrogens (tertiary/aromatic N) is 1. The van der Waals surface area contributed by atoms with E-state index in [2.05, 4.69) is 20.9 Å². The van der Waals surface area contributed by atoms with Crippen LogP contribution in [0.2, 0.25) is 0 Å². The molecule has 0 amide bonds. The van der Waals surface area contributed by atoms with E-state index in [0.717, 1.165) is 15.6 Å². The summed E-state index contributed by atoms with van der Waals surface area (Å²) in [6, 6.07) is 11.4. The lowest BCUT2D eigenvalue weighted by atomic mass is 10.0. The Morgan fingerprint density at radius 3 is 2.75 bits per heavy atom. The molecule has 82 valence electrons. The van der Waals surface area contributed by atoms with E-state index in [1.807, 2.05) is 43.3 Å². The molecule has 0 aliphatic carbocycles. The van der Waals surface area contributed by atoms with Crippen LogP contribution < -0.4 is 0 Å². The maximum atomic E-state index is 10.2. The number of rotatable bonds is 2. The molecular weight excluding hydrogens is 266 g/mol. The summed E-state index contributed by atoms with van der Waals surface area (Å²) in [6.07, 6.45) is 1.03. The minimum Gasteiger partial charge on any atom is -0.382 e. The molecule has 16 heavy (non-hydrogen) atoms. The van der Waals surface area contributed by atoms with Gasteiger partial charge in [-0.3, -0.25) is 4.98 Å². The van der Waals surface area contributed by atoms with Crippen molar-refractivity contribution in [2.75, 3.05) is 0 Å². The predicted octanol–water partition coefficient (Wildman–Crippen LogP) is 3.23. The summed E-state index contributed by atoms with van der Waals surface area (Å²) in [4.78, 5) is 4.22. The third kappa shape index (κ3) is 2.31. The zero-order chi connectivity index (χ0) is 11.5. The Hall–Kier alpha value is -1.19. The van der Waals surface area contributed by atoms with Gasteiger partial charge in [-0.1, -0.05) is 34.1 Å². The lowest BCUT2D eigenvalue weighted by molar-refractivity contribution is 0.214. The maximum absolute atomic E-state index is 10.2. The largest absolute Gasteiger partial charge is 0.382 e. The topological polar surface area (TPSA) is 33.1 Å². The molecule has 0 saturated heterocycles. The number of hydrogen-bond donors (Lipinski definition) is 1. The number of aliphatic hydroxyl groups is 1. The first-order chi connectivity index (χ1) is 7.68. The van der Waals surface area contributed by atoms with Crippen molar-refractivity contribution in [1.82, 2.24) is 4.98 Å². The van der Waals surface area contributed by atoms with Gasteiger partial charge in [-0.15, -0.1) is 0 Å². The van der Waals surface area contributed by atoms with Crippen LogP contribution in [0.25, 0.3) is 0 Å². The Bertz CT molecular complexity index is 499. The summed E-state index contributed by atoms with van der Waals surface area (Å²) in [5.74, 6) is 0. The van der Waals surface area contributed by atoms with Crippen LogP contribution in [0.3, 0.4) is 0 Å². The summed E-state index contributed by atoms with van der Waals surface area (Å²) >= 11 is 3.39. The van der Waals surface area contributed by atoms with Crippen LogP contribution in [0.15, 0.2) is 47.1 Å². The molecule has 3 heteroatoms. The van der Waals surface area contributed by atoms with Crippen molar-refractivity contribution >= 4 is 15.9 Å². The molecular formula is C13H12BrNO. The van der Waals surface area contributed by atoms with Gasteiger partial charge in [0.25, 0.3) is 0 Å². The molecule has 1 aromatic heterocycles. The third-order valence-electron chi connectivity index (χ3n) is 2.47. The van der Waals surface area contributed by atoms with Crippen LogP contribution >= 0.6 is 15.9 Å². The van der Waals surface area contributed by atoms with E-state index in [1.165, 1.54) is 0 Å². The monoisotopic (exact) mass is 277 g/mol. The fraction of sp³-hybridized carbons (Fsp3) is 0.154. The highest BCUT2D eigenvalue weighted by molar-refractivity contribution is 9.10. The van der Waals surface area contributed by atoms with Gasteiger partial charge >= 0.3 is 0 Å². The van der Waals surface area contributed by atoms with Gasteiger partial charge in [-0.25, -0.2) is 0 Å². The Morgan fingerprint density at radius 2 is 2.06 bits per heavy atom. The summed E-state index contributed by atoms with van der Waals surface area (Å²) in [6.45, 7) is 1.95. The van der Waals surface area contributed by atoms with Gasteiger partial charge in [0.2, 0.25) is 0 Å². The average molecular weight is 278 g/mol. The summed E-state index contributed by atoms with van der Waals surface area (Å²) in [7, 11) is 0. The molecule has 0 aliphatic heterocycles. The SMILES string of the molecule is Cc1cccnc1C(O)c1cccc(Br)c1. The quantitative estimate of drug-likeness (QED) is 0.914. The Kier molecular flexibility index (Phi) is 3.36. The van der Waals surface area contributed by atoms with Crippen molar-refractivity contribution in [1.29, 1.82) is 0 Å². The molecule has 1 unspecified atom stereocenters. The standard InChI is InChI=1S/C13H12BrNO/c1-9-4-3-7-15-12(9)13(16)10-5-2-6-11(14)8-10/h2-8,13,16H,1H3. The molecule has 0 spiro atoms. The molecule has 0 radical (unpaired) electrons. The Morgan fingerprint density at radius 1 is 1.25 bits per heavy atom. The second-order valence-electron chi connectivity index (χ2n) is 3.66. The molecule has 0 fully saturated rings.